The molecule has 1 heterocycles. The average molecular weight is 179 g/mol. The molecule has 0 aliphatic carbocycles. The molecule has 0 N–H and O–H groups in total. The molecule has 0 spiro atoms. The maximum Gasteiger partial charge on any atom is 0.0934 e. The largest absolute Gasteiger partial charge is 0.472 e. The van der Waals surface area contributed by atoms with E-state index >= 15 is 0 Å². The van der Waals surface area contributed by atoms with E-state index in [9.17, 15) is 0 Å². The van der Waals surface area contributed by atoms with Crippen molar-refractivity contribution >= 4 is 0 Å². The molecule has 1 heteroatoms. The molecule has 0 saturated carbocycles. The molecule has 0 aliphatic heterocycles. The molecule has 1 aromatic heterocycles. The van der Waals surface area contributed by atoms with Crippen LogP contribution in [0.5, 0.6) is 0 Å². The Hall–Kier alpha value is -0.720. The van der Waals surface area contributed by atoms with Crippen molar-refractivity contribution in [3.05, 3.63) is 31.1 Å². The van der Waals surface area contributed by atoms with Crippen molar-refractivity contribution in [2.75, 3.05) is 0 Å². The lowest BCUT2D eigenvalue weighted by Gasteiger charge is -1.98. The summed E-state index contributed by atoms with van der Waals surface area (Å²) in [6.07, 6.45) is 12.5. The van der Waals surface area contributed by atoms with E-state index in [1.807, 2.05) is 6.26 Å². The molecule has 1 rings (SSSR count). The molecule has 0 atom stereocenters. The first-order valence-electron chi connectivity index (χ1n) is 5.24. The van der Waals surface area contributed by atoms with E-state index in [4.69, 9.17) is 4.42 Å². The minimum atomic E-state index is 1.09. The van der Waals surface area contributed by atoms with Gasteiger partial charge in [0.25, 0.3) is 0 Å². The third kappa shape index (κ3) is 4.76. The Morgan fingerprint density at radius 2 is 1.85 bits per heavy atom. The molecule has 1 radical (unpaired) electrons. The van der Waals surface area contributed by atoms with Crippen LogP contribution in [0.3, 0.4) is 0 Å². The van der Waals surface area contributed by atoms with Crippen LogP contribution in [-0.4, -0.2) is 0 Å². The van der Waals surface area contributed by atoms with Crippen molar-refractivity contribution in [3.8, 4) is 0 Å². The maximum absolute atomic E-state index is 5.00. The molecule has 0 unspecified atom stereocenters. The predicted molar refractivity (Wildman–Crippen MR) is 55.5 cm³/mol. The first kappa shape index (κ1) is 10.4. The molecule has 0 bridgehead atoms. The Balaban J connectivity index is 1.90. The fourth-order valence-corrected chi connectivity index (χ4v) is 1.47. The summed E-state index contributed by atoms with van der Waals surface area (Å²) in [6, 6.07) is 2.05. The van der Waals surface area contributed by atoms with Gasteiger partial charge in [-0.3, -0.25) is 0 Å². The average Bonchev–Trinajstić information content (AvgIpc) is 2.63. The Labute approximate surface area is 81.1 Å². The summed E-state index contributed by atoms with van der Waals surface area (Å²) < 4.78 is 5.00. The van der Waals surface area contributed by atoms with Crippen LogP contribution in [0, 0.1) is 6.92 Å². The van der Waals surface area contributed by atoms with Crippen molar-refractivity contribution in [3.63, 3.8) is 0 Å². The van der Waals surface area contributed by atoms with Crippen molar-refractivity contribution < 1.29 is 4.42 Å². The summed E-state index contributed by atoms with van der Waals surface area (Å²) in [5.41, 5.74) is 1.33. The van der Waals surface area contributed by atoms with Crippen molar-refractivity contribution in [1.82, 2.24) is 0 Å². The molecule has 13 heavy (non-hydrogen) atoms. The number of hydrogen-bond acceptors (Lipinski definition) is 1. The molecule has 0 aromatic carbocycles. The quantitative estimate of drug-likeness (QED) is 0.577. The highest BCUT2D eigenvalue weighted by Crippen LogP contribution is 2.09. The third-order valence-corrected chi connectivity index (χ3v) is 2.30. The first-order chi connectivity index (χ1) is 6.43. The van der Waals surface area contributed by atoms with E-state index in [-0.39, 0.29) is 0 Å². The van der Waals surface area contributed by atoms with Gasteiger partial charge in [0.05, 0.1) is 12.5 Å². The zero-order chi connectivity index (χ0) is 9.36. The van der Waals surface area contributed by atoms with Gasteiger partial charge < -0.3 is 4.42 Å². The number of hydrogen-bond donors (Lipinski definition) is 0. The van der Waals surface area contributed by atoms with Crippen LogP contribution in [-0.2, 0) is 6.42 Å². The van der Waals surface area contributed by atoms with Crippen LogP contribution < -0.4 is 0 Å². The van der Waals surface area contributed by atoms with Gasteiger partial charge >= 0.3 is 0 Å². The summed E-state index contributed by atoms with van der Waals surface area (Å²) in [4.78, 5) is 0. The van der Waals surface area contributed by atoms with Crippen LogP contribution in [0.2, 0.25) is 0 Å². The van der Waals surface area contributed by atoms with Crippen LogP contribution >= 0.6 is 0 Å². The minimum absolute atomic E-state index is 1.09. The summed E-state index contributed by atoms with van der Waals surface area (Å²) in [6.45, 7) is 3.83. The van der Waals surface area contributed by atoms with Gasteiger partial charge in [-0.15, -0.1) is 0 Å². The van der Waals surface area contributed by atoms with Crippen molar-refractivity contribution in [2.24, 2.45) is 0 Å². The topological polar surface area (TPSA) is 13.1 Å². The fourth-order valence-electron chi connectivity index (χ4n) is 1.47. The summed E-state index contributed by atoms with van der Waals surface area (Å²) in [5.74, 6) is 0. The normalized spacial score (nSPS) is 10.5. The van der Waals surface area contributed by atoms with Gasteiger partial charge in [0.15, 0.2) is 0 Å². The van der Waals surface area contributed by atoms with Crippen molar-refractivity contribution in [1.29, 1.82) is 0 Å². The van der Waals surface area contributed by atoms with Gasteiger partial charge in [-0.05, 0) is 24.5 Å². The lowest BCUT2D eigenvalue weighted by atomic mass is 10.1. The Kier molecular flexibility index (Phi) is 5.39. The molecule has 73 valence electrons. The van der Waals surface area contributed by atoms with Gasteiger partial charge in [0.1, 0.15) is 0 Å². The molecule has 1 aromatic rings. The molecule has 0 saturated heterocycles. The highest BCUT2D eigenvalue weighted by Gasteiger charge is 1.94. The SMILES string of the molecule is [CH2]CCCCCCCc1ccoc1. The summed E-state index contributed by atoms with van der Waals surface area (Å²) in [7, 11) is 0. The fraction of sp³-hybridized carbons (Fsp3) is 0.583. The van der Waals surface area contributed by atoms with E-state index in [1.54, 1.807) is 6.26 Å². The Bertz CT molecular complexity index is 189. The van der Waals surface area contributed by atoms with Crippen molar-refractivity contribution in [2.45, 2.75) is 44.9 Å². The highest BCUT2D eigenvalue weighted by atomic mass is 16.3. The van der Waals surface area contributed by atoms with Crippen LogP contribution in [0.25, 0.3) is 0 Å². The summed E-state index contributed by atoms with van der Waals surface area (Å²) in [5, 5.41) is 0. The number of aryl methyl sites for hydroxylation is 1. The molecular formula is C12H19O. The zero-order valence-electron chi connectivity index (χ0n) is 8.30. The van der Waals surface area contributed by atoms with E-state index in [2.05, 4.69) is 13.0 Å². The molecule has 0 aliphatic rings. The van der Waals surface area contributed by atoms with E-state index < -0.39 is 0 Å². The highest BCUT2D eigenvalue weighted by molar-refractivity contribution is 5.04. The third-order valence-electron chi connectivity index (χ3n) is 2.30. The lowest BCUT2D eigenvalue weighted by Crippen LogP contribution is -1.83. The number of unbranched alkanes of at least 4 members (excludes halogenated alkanes) is 5. The zero-order valence-corrected chi connectivity index (χ0v) is 8.30. The first-order valence-corrected chi connectivity index (χ1v) is 5.24. The lowest BCUT2D eigenvalue weighted by molar-refractivity contribution is 0.560. The van der Waals surface area contributed by atoms with Gasteiger partial charge in [0, 0.05) is 0 Å². The molecule has 0 fully saturated rings. The maximum atomic E-state index is 5.00. The van der Waals surface area contributed by atoms with E-state index in [1.165, 1.54) is 44.1 Å². The Morgan fingerprint density at radius 1 is 1.08 bits per heavy atom. The minimum Gasteiger partial charge on any atom is -0.472 e. The molecule has 1 nitrogen and oxygen atoms in total. The molecule has 0 amide bonds. The molecular weight excluding hydrogens is 160 g/mol. The number of rotatable bonds is 7. The second-order valence-electron chi connectivity index (χ2n) is 3.50. The standard InChI is InChI=1S/C12H19O/c1-2-3-4-5-6-7-8-12-9-10-13-11-12/h9-11H,1-8H2. The van der Waals surface area contributed by atoms with Gasteiger partial charge in [-0.2, -0.15) is 0 Å². The predicted octanol–water partition coefficient (Wildman–Crippen LogP) is 4.00. The monoisotopic (exact) mass is 179 g/mol. The van der Waals surface area contributed by atoms with Crippen LogP contribution in [0.15, 0.2) is 23.0 Å². The Morgan fingerprint density at radius 3 is 2.54 bits per heavy atom. The van der Waals surface area contributed by atoms with Gasteiger partial charge in [0.2, 0.25) is 0 Å². The van der Waals surface area contributed by atoms with E-state index in [0.29, 0.717) is 0 Å². The van der Waals surface area contributed by atoms with Crippen LogP contribution in [0.1, 0.15) is 44.1 Å². The van der Waals surface area contributed by atoms with Gasteiger partial charge in [-0.1, -0.05) is 39.0 Å². The smallest absolute Gasteiger partial charge is 0.0934 e. The van der Waals surface area contributed by atoms with Crippen LogP contribution in [0.4, 0.5) is 0 Å². The van der Waals surface area contributed by atoms with E-state index in [0.717, 1.165) is 6.42 Å². The second kappa shape index (κ2) is 6.76. The number of furan rings is 1. The van der Waals surface area contributed by atoms with Gasteiger partial charge in [-0.25, -0.2) is 0 Å². The second-order valence-corrected chi connectivity index (χ2v) is 3.50. The summed E-state index contributed by atoms with van der Waals surface area (Å²) >= 11 is 0.